The standard InChI is InChI=1S/C10H12Cl2N2O2/c1-10(2,3)16-9(15)8-6(12)7(13)5(11)4-14-8/h4H,1-3H3,(H2,13,14). The summed E-state index contributed by atoms with van der Waals surface area (Å²) in [5.74, 6) is -0.624. The van der Waals surface area contributed by atoms with E-state index < -0.39 is 11.6 Å². The number of anilines is 1. The Balaban J connectivity index is 3.06. The van der Waals surface area contributed by atoms with Gasteiger partial charge in [-0.3, -0.25) is 0 Å². The van der Waals surface area contributed by atoms with Gasteiger partial charge < -0.3 is 10.5 Å². The minimum atomic E-state index is -0.624. The number of halogens is 2. The number of aromatic nitrogens is 1. The van der Waals surface area contributed by atoms with Gasteiger partial charge in [0.15, 0.2) is 5.69 Å². The first-order valence-corrected chi connectivity index (χ1v) is 5.31. The highest BCUT2D eigenvalue weighted by atomic mass is 35.5. The quantitative estimate of drug-likeness (QED) is 0.791. The van der Waals surface area contributed by atoms with Crippen molar-refractivity contribution in [1.82, 2.24) is 4.98 Å². The molecule has 1 aromatic rings. The third-order valence-electron chi connectivity index (χ3n) is 1.60. The lowest BCUT2D eigenvalue weighted by atomic mass is 10.2. The van der Waals surface area contributed by atoms with E-state index in [4.69, 9.17) is 33.7 Å². The second kappa shape index (κ2) is 4.47. The van der Waals surface area contributed by atoms with E-state index in [-0.39, 0.29) is 21.4 Å². The average molecular weight is 263 g/mol. The van der Waals surface area contributed by atoms with Gasteiger partial charge in [-0.15, -0.1) is 0 Å². The molecule has 0 saturated heterocycles. The van der Waals surface area contributed by atoms with Crippen LogP contribution >= 0.6 is 23.2 Å². The number of nitrogens with two attached hydrogens (primary N) is 1. The van der Waals surface area contributed by atoms with Gasteiger partial charge in [-0.2, -0.15) is 0 Å². The molecule has 2 N–H and O–H groups in total. The first-order valence-electron chi connectivity index (χ1n) is 4.55. The number of carbonyl (C=O) groups is 1. The van der Waals surface area contributed by atoms with Gasteiger partial charge in [0.2, 0.25) is 0 Å². The minimum Gasteiger partial charge on any atom is -0.455 e. The van der Waals surface area contributed by atoms with E-state index in [1.807, 2.05) is 0 Å². The van der Waals surface area contributed by atoms with E-state index in [9.17, 15) is 4.79 Å². The number of esters is 1. The maximum Gasteiger partial charge on any atom is 0.359 e. The van der Waals surface area contributed by atoms with E-state index in [0.717, 1.165) is 0 Å². The second-order valence-electron chi connectivity index (χ2n) is 4.18. The van der Waals surface area contributed by atoms with Gasteiger partial charge in [0.25, 0.3) is 0 Å². The Morgan fingerprint density at radius 3 is 2.50 bits per heavy atom. The molecule has 16 heavy (non-hydrogen) atoms. The summed E-state index contributed by atoms with van der Waals surface area (Å²) >= 11 is 11.5. The van der Waals surface area contributed by atoms with Crippen LogP contribution < -0.4 is 5.73 Å². The summed E-state index contributed by atoms with van der Waals surface area (Å²) in [6, 6.07) is 0. The van der Waals surface area contributed by atoms with Crippen molar-refractivity contribution >= 4 is 34.9 Å². The van der Waals surface area contributed by atoms with Gasteiger partial charge >= 0.3 is 5.97 Å². The predicted octanol–water partition coefficient (Wildman–Crippen LogP) is 2.93. The SMILES string of the molecule is CC(C)(C)OC(=O)c1ncc(Cl)c(N)c1Cl. The molecular formula is C10H12Cl2N2O2. The number of ether oxygens (including phenoxy) is 1. The van der Waals surface area contributed by atoms with Crippen LogP contribution in [-0.4, -0.2) is 16.6 Å². The molecule has 0 amide bonds. The van der Waals surface area contributed by atoms with Gasteiger partial charge in [0.1, 0.15) is 5.60 Å². The van der Waals surface area contributed by atoms with Crippen molar-refractivity contribution in [2.75, 3.05) is 5.73 Å². The highest BCUT2D eigenvalue weighted by Crippen LogP contribution is 2.29. The Hall–Kier alpha value is -1.00. The number of hydrogen-bond donors (Lipinski definition) is 1. The lowest BCUT2D eigenvalue weighted by Gasteiger charge is -2.19. The fourth-order valence-corrected chi connectivity index (χ4v) is 1.37. The zero-order valence-electron chi connectivity index (χ0n) is 9.17. The second-order valence-corrected chi connectivity index (χ2v) is 4.97. The smallest absolute Gasteiger partial charge is 0.359 e. The summed E-state index contributed by atoms with van der Waals surface area (Å²) in [6.45, 7) is 5.24. The summed E-state index contributed by atoms with van der Waals surface area (Å²) in [5.41, 5.74) is 5.05. The van der Waals surface area contributed by atoms with Gasteiger partial charge in [-0.05, 0) is 20.8 Å². The number of nitrogen functional groups attached to an aromatic ring is 1. The van der Waals surface area contributed by atoms with Crippen LogP contribution in [0, 0.1) is 0 Å². The summed E-state index contributed by atoms with van der Waals surface area (Å²) in [6.07, 6.45) is 1.27. The van der Waals surface area contributed by atoms with Crippen molar-refractivity contribution in [3.05, 3.63) is 21.9 Å². The van der Waals surface area contributed by atoms with E-state index >= 15 is 0 Å². The molecule has 0 aliphatic rings. The van der Waals surface area contributed by atoms with Crippen molar-refractivity contribution in [2.45, 2.75) is 26.4 Å². The molecule has 1 rings (SSSR count). The molecule has 4 nitrogen and oxygen atoms in total. The van der Waals surface area contributed by atoms with Crippen LogP contribution in [0.3, 0.4) is 0 Å². The van der Waals surface area contributed by atoms with Crippen LogP contribution in [-0.2, 0) is 4.74 Å². The molecule has 0 aliphatic heterocycles. The summed E-state index contributed by atoms with van der Waals surface area (Å²) in [7, 11) is 0. The predicted molar refractivity (Wildman–Crippen MR) is 63.8 cm³/mol. The molecule has 0 radical (unpaired) electrons. The van der Waals surface area contributed by atoms with Crippen molar-refractivity contribution in [3.8, 4) is 0 Å². The van der Waals surface area contributed by atoms with Crippen LogP contribution in [0.1, 0.15) is 31.3 Å². The molecule has 0 atom stereocenters. The highest BCUT2D eigenvalue weighted by Gasteiger charge is 2.22. The van der Waals surface area contributed by atoms with Gasteiger partial charge in [0, 0.05) is 6.20 Å². The monoisotopic (exact) mass is 262 g/mol. The number of nitrogens with zero attached hydrogens (tertiary/aromatic N) is 1. The molecule has 0 spiro atoms. The first kappa shape index (κ1) is 13.1. The molecule has 0 bridgehead atoms. The van der Waals surface area contributed by atoms with Crippen LogP contribution in [0.25, 0.3) is 0 Å². The number of hydrogen-bond acceptors (Lipinski definition) is 4. The summed E-state index contributed by atoms with van der Waals surface area (Å²) < 4.78 is 5.11. The highest BCUT2D eigenvalue weighted by molar-refractivity contribution is 6.40. The maximum absolute atomic E-state index is 11.7. The van der Waals surface area contributed by atoms with Crippen molar-refractivity contribution in [2.24, 2.45) is 0 Å². The summed E-state index contributed by atoms with van der Waals surface area (Å²) in [5, 5.41) is 0.221. The molecule has 1 aromatic heterocycles. The number of pyridine rings is 1. The Morgan fingerprint density at radius 2 is 2.00 bits per heavy atom. The normalized spacial score (nSPS) is 11.3. The van der Waals surface area contributed by atoms with Crippen LogP contribution in [0.15, 0.2) is 6.20 Å². The topological polar surface area (TPSA) is 65.2 Å². The molecule has 6 heteroatoms. The number of rotatable bonds is 1. The van der Waals surface area contributed by atoms with E-state index in [1.165, 1.54) is 6.20 Å². The van der Waals surface area contributed by atoms with Crippen LogP contribution in [0.2, 0.25) is 10.0 Å². The van der Waals surface area contributed by atoms with Crippen molar-refractivity contribution < 1.29 is 9.53 Å². The van der Waals surface area contributed by atoms with E-state index in [0.29, 0.717) is 0 Å². The first-order chi connectivity index (χ1) is 7.22. The Labute approximate surface area is 104 Å². The van der Waals surface area contributed by atoms with E-state index in [1.54, 1.807) is 20.8 Å². The molecule has 0 aliphatic carbocycles. The molecule has 0 aromatic carbocycles. The van der Waals surface area contributed by atoms with Crippen LogP contribution in [0.4, 0.5) is 5.69 Å². The molecule has 0 unspecified atom stereocenters. The van der Waals surface area contributed by atoms with Crippen molar-refractivity contribution in [3.63, 3.8) is 0 Å². The van der Waals surface area contributed by atoms with Gasteiger partial charge in [-0.1, -0.05) is 23.2 Å². The third kappa shape index (κ3) is 3.00. The van der Waals surface area contributed by atoms with Crippen LogP contribution in [0.5, 0.6) is 0 Å². The lowest BCUT2D eigenvalue weighted by Crippen LogP contribution is -2.24. The fraction of sp³-hybridized carbons (Fsp3) is 0.400. The zero-order chi connectivity index (χ0) is 12.5. The average Bonchev–Trinajstić information content (AvgIpc) is 2.11. The molecule has 1 heterocycles. The molecule has 0 fully saturated rings. The molecule has 88 valence electrons. The minimum absolute atomic E-state index is 0.0155. The molecule has 0 saturated carbocycles. The Bertz CT molecular complexity index is 428. The van der Waals surface area contributed by atoms with Crippen molar-refractivity contribution in [1.29, 1.82) is 0 Å². The third-order valence-corrected chi connectivity index (χ3v) is 2.28. The van der Waals surface area contributed by atoms with Gasteiger partial charge in [0.05, 0.1) is 15.7 Å². The number of carbonyl (C=O) groups excluding carboxylic acids is 1. The van der Waals surface area contributed by atoms with E-state index in [2.05, 4.69) is 4.98 Å². The largest absolute Gasteiger partial charge is 0.455 e. The summed E-state index contributed by atoms with van der Waals surface area (Å²) in [4.78, 5) is 15.5. The van der Waals surface area contributed by atoms with Gasteiger partial charge in [-0.25, -0.2) is 9.78 Å². The lowest BCUT2D eigenvalue weighted by molar-refractivity contribution is 0.00632. The Kier molecular flexibility index (Phi) is 3.65. The Morgan fingerprint density at radius 1 is 1.44 bits per heavy atom. The molecular weight excluding hydrogens is 251 g/mol. The zero-order valence-corrected chi connectivity index (χ0v) is 10.7. The maximum atomic E-state index is 11.7. The fourth-order valence-electron chi connectivity index (χ4n) is 0.949.